The maximum Gasteiger partial charge on any atom is 0.269 e. The van der Waals surface area contributed by atoms with E-state index in [1.54, 1.807) is 12.1 Å². The third-order valence-corrected chi connectivity index (χ3v) is 5.07. The monoisotopic (exact) mass is 327 g/mol. The minimum Gasteiger partial charge on any atom is -0.369 e. The summed E-state index contributed by atoms with van der Waals surface area (Å²) in [5, 5.41) is 19.2. The average Bonchev–Trinajstić information content (AvgIpc) is 3.18. The van der Waals surface area contributed by atoms with Crippen LogP contribution in [0, 0.1) is 10.1 Å². The first-order chi connectivity index (χ1) is 11.6. The van der Waals surface area contributed by atoms with E-state index < -0.39 is 0 Å². The predicted molar refractivity (Wildman–Crippen MR) is 91.6 cm³/mol. The molecule has 1 aromatic carbocycles. The van der Waals surface area contributed by atoms with Crippen LogP contribution in [0.4, 0.5) is 11.5 Å². The first-order valence-corrected chi connectivity index (χ1v) is 8.46. The molecule has 2 aliphatic heterocycles. The molecular weight excluding hydrogens is 306 g/mol. The molecule has 1 unspecified atom stereocenters. The molecule has 1 atom stereocenters. The number of nitrogens with one attached hydrogen (secondary N) is 1. The van der Waals surface area contributed by atoms with Gasteiger partial charge in [0.15, 0.2) is 0 Å². The summed E-state index contributed by atoms with van der Waals surface area (Å²) >= 11 is 0. The van der Waals surface area contributed by atoms with Crippen LogP contribution in [-0.4, -0.2) is 39.7 Å². The zero-order valence-corrected chi connectivity index (χ0v) is 13.7. The van der Waals surface area contributed by atoms with Crippen molar-refractivity contribution in [2.24, 2.45) is 0 Å². The molecule has 2 aromatic rings. The second-order valence-electron chi connectivity index (χ2n) is 6.57. The topological polar surface area (TPSA) is 76.2 Å². The van der Waals surface area contributed by atoms with Crippen molar-refractivity contribution in [2.45, 2.75) is 31.7 Å². The van der Waals surface area contributed by atoms with Crippen LogP contribution in [0.1, 0.15) is 36.6 Å². The summed E-state index contributed by atoms with van der Waals surface area (Å²) in [6.45, 7) is 2.03. The number of anilines is 1. The number of hydrogen-bond donors (Lipinski definition) is 1. The number of likely N-dealkylation sites (tertiary alicyclic amines) is 1. The van der Waals surface area contributed by atoms with Gasteiger partial charge in [0.05, 0.1) is 22.3 Å². The van der Waals surface area contributed by atoms with Gasteiger partial charge >= 0.3 is 0 Å². The van der Waals surface area contributed by atoms with Gasteiger partial charge in [-0.05, 0) is 45.0 Å². The van der Waals surface area contributed by atoms with Crippen LogP contribution in [0.3, 0.4) is 0 Å². The summed E-state index contributed by atoms with van der Waals surface area (Å²) in [6.07, 6.45) is 4.61. The van der Waals surface area contributed by atoms with Crippen LogP contribution in [0.5, 0.6) is 0 Å². The van der Waals surface area contributed by atoms with E-state index in [1.807, 2.05) is 4.68 Å². The maximum atomic E-state index is 10.8. The summed E-state index contributed by atoms with van der Waals surface area (Å²) in [6, 6.07) is 6.96. The van der Waals surface area contributed by atoms with Gasteiger partial charge in [0.25, 0.3) is 5.69 Å². The van der Waals surface area contributed by atoms with E-state index in [4.69, 9.17) is 5.10 Å². The van der Waals surface area contributed by atoms with E-state index in [2.05, 4.69) is 17.3 Å². The van der Waals surface area contributed by atoms with Gasteiger partial charge in [0.1, 0.15) is 5.82 Å². The Kier molecular flexibility index (Phi) is 3.72. The maximum absolute atomic E-state index is 10.8. The van der Waals surface area contributed by atoms with E-state index in [-0.39, 0.29) is 10.6 Å². The average molecular weight is 327 g/mol. The fourth-order valence-electron chi connectivity index (χ4n) is 3.79. The summed E-state index contributed by atoms with van der Waals surface area (Å²) in [5.41, 5.74) is 3.42. The summed E-state index contributed by atoms with van der Waals surface area (Å²) in [4.78, 5) is 12.9. The molecule has 7 heteroatoms. The number of benzene rings is 1. The number of nitro groups is 1. The molecule has 3 heterocycles. The van der Waals surface area contributed by atoms with Crippen molar-refractivity contribution in [2.75, 3.05) is 25.5 Å². The van der Waals surface area contributed by atoms with Gasteiger partial charge in [0, 0.05) is 24.2 Å². The lowest BCUT2D eigenvalue weighted by Gasteiger charge is -2.31. The number of rotatable bonds is 3. The first-order valence-electron chi connectivity index (χ1n) is 8.46. The fraction of sp³-hybridized carbons (Fsp3) is 0.471. The highest BCUT2D eigenvalue weighted by Gasteiger charge is 2.31. The number of non-ortho nitro benzene ring substituents is 1. The second-order valence-corrected chi connectivity index (χ2v) is 6.57. The third-order valence-electron chi connectivity index (χ3n) is 5.07. The van der Waals surface area contributed by atoms with Crippen LogP contribution >= 0.6 is 0 Å². The lowest BCUT2D eigenvalue weighted by molar-refractivity contribution is -0.384. The van der Waals surface area contributed by atoms with Crippen molar-refractivity contribution in [3.63, 3.8) is 0 Å². The molecule has 0 spiro atoms. The Morgan fingerprint density at radius 2 is 2.08 bits per heavy atom. The summed E-state index contributed by atoms with van der Waals surface area (Å²) in [7, 11) is 2.17. The zero-order valence-electron chi connectivity index (χ0n) is 13.7. The number of fused-ring (bicyclic) bond motifs is 1. The quantitative estimate of drug-likeness (QED) is 0.693. The number of nitro benzene ring substituents is 1. The second kappa shape index (κ2) is 5.90. The van der Waals surface area contributed by atoms with Gasteiger partial charge in [-0.25, -0.2) is 4.68 Å². The molecule has 0 saturated carbocycles. The Balaban J connectivity index is 1.74. The lowest BCUT2D eigenvalue weighted by atomic mass is 9.97. The molecule has 126 valence electrons. The molecule has 2 aliphatic rings. The molecule has 24 heavy (non-hydrogen) atoms. The Bertz CT molecular complexity index is 768. The van der Waals surface area contributed by atoms with Gasteiger partial charge in [-0.2, -0.15) is 5.10 Å². The van der Waals surface area contributed by atoms with Crippen LogP contribution < -0.4 is 5.32 Å². The predicted octanol–water partition coefficient (Wildman–Crippen LogP) is 2.91. The van der Waals surface area contributed by atoms with Crippen molar-refractivity contribution in [3.8, 4) is 5.69 Å². The minimum absolute atomic E-state index is 0.0998. The highest BCUT2D eigenvalue weighted by Crippen LogP contribution is 2.37. The van der Waals surface area contributed by atoms with Gasteiger partial charge in [-0.3, -0.25) is 15.0 Å². The van der Waals surface area contributed by atoms with Crippen molar-refractivity contribution < 1.29 is 4.92 Å². The smallest absolute Gasteiger partial charge is 0.269 e. The highest BCUT2D eigenvalue weighted by atomic mass is 16.6. The van der Waals surface area contributed by atoms with Gasteiger partial charge in [-0.1, -0.05) is 6.42 Å². The van der Waals surface area contributed by atoms with E-state index in [9.17, 15) is 10.1 Å². The standard InChI is InChI=1S/C17H21N5O2/c1-20-11-3-2-4-15(20)16-14-9-10-18-17(14)21(19-16)12-5-7-13(8-6-12)22(23)24/h5-8,15,18H,2-4,9-11H2,1H3. The molecule has 0 bridgehead atoms. The normalized spacial score (nSPS) is 20.6. The van der Waals surface area contributed by atoms with Gasteiger partial charge in [-0.15, -0.1) is 0 Å². The number of nitrogens with zero attached hydrogens (tertiary/aromatic N) is 4. The fourth-order valence-corrected chi connectivity index (χ4v) is 3.79. The van der Waals surface area contributed by atoms with Crippen molar-refractivity contribution in [1.29, 1.82) is 0 Å². The Labute approximate surface area is 140 Å². The van der Waals surface area contributed by atoms with Crippen LogP contribution in [-0.2, 0) is 6.42 Å². The molecule has 1 saturated heterocycles. The molecule has 4 rings (SSSR count). The minimum atomic E-state index is -0.377. The summed E-state index contributed by atoms with van der Waals surface area (Å²) in [5.74, 6) is 1.04. The van der Waals surface area contributed by atoms with Gasteiger partial charge in [0.2, 0.25) is 0 Å². The van der Waals surface area contributed by atoms with Crippen molar-refractivity contribution in [1.82, 2.24) is 14.7 Å². The number of piperidine rings is 1. The van der Waals surface area contributed by atoms with Crippen LogP contribution in [0.25, 0.3) is 5.69 Å². The number of aromatic nitrogens is 2. The van der Waals surface area contributed by atoms with E-state index >= 15 is 0 Å². The van der Waals surface area contributed by atoms with Crippen LogP contribution in [0.2, 0.25) is 0 Å². The molecule has 7 nitrogen and oxygen atoms in total. The molecule has 0 amide bonds. The Hall–Kier alpha value is -2.41. The van der Waals surface area contributed by atoms with E-state index in [1.165, 1.54) is 30.5 Å². The molecule has 1 N–H and O–H groups in total. The Morgan fingerprint density at radius 1 is 1.29 bits per heavy atom. The zero-order chi connectivity index (χ0) is 16.7. The van der Waals surface area contributed by atoms with E-state index in [0.29, 0.717) is 6.04 Å². The van der Waals surface area contributed by atoms with Crippen molar-refractivity contribution >= 4 is 11.5 Å². The SMILES string of the molecule is CN1CCCCC1c1nn(-c2ccc([N+](=O)[O-])cc2)c2c1CCN2. The molecule has 1 aromatic heterocycles. The molecule has 1 fully saturated rings. The highest BCUT2D eigenvalue weighted by molar-refractivity contribution is 5.58. The third kappa shape index (κ3) is 2.45. The largest absolute Gasteiger partial charge is 0.369 e. The molecular formula is C17H21N5O2. The van der Waals surface area contributed by atoms with Crippen molar-refractivity contribution in [3.05, 3.63) is 45.6 Å². The lowest BCUT2D eigenvalue weighted by Crippen LogP contribution is -2.30. The van der Waals surface area contributed by atoms with Crippen LogP contribution in [0.15, 0.2) is 24.3 Å². The van der Waals surface area contributed by atoms with Gasteiger partial charge < -0.3 is 5.32 Å². The summed E-state index contributed by atoms with van der Waals surface area (Å²) < 4.78 is 1.91. The molecule has 0 radical (unpaired) electrons. The first kappa shape index (κ1) is 15.1. The molecule has 0 aliphatic carbocycles. The van der Waals surface area contributed by atoms with E-state index in [0.717, 1.165) is 43.1 Å². The number of hydrogen-bond acceptors (Lipinski definition) is 5. The Morgan fingerprint density at radius 3 is 2.79 bits per heavy atom.